The van der Waals surface area contributed by atoms with E-state index in [1.165, 1.54) is 57.8 Å². The second-order valence-corrected chi connectivity index (χ2v) is 15.4. The summed E-state index contributed by atoms with van der Waals surface area (Å²) in [5, 5.41) is 9.71. The molecule has 0 amide bonds. The van der Waals surface area contributed by atoms with Crippen molar-refractivity contribution in [3.05, 3.63) is 72.9 Å². The number of carbonyl (C=O) groups is 2. The van der Waals surface area contributed by atoms with E-state index in [1.807, 2.05) is 18.2 Å². The van der Waals surface area contributed by atoms with Crippen LogP contribution in [0.3, 0.4) is 0 Å². The van der Waals surface area contributed by atoms with Crippen molar-refractivity contribution in [2.24, 2.45) is 0 Å². The molecular weight excluding hydrogens is 715 g/mol. The van der Waals surface area contributed by atoms with Crippen LogP contribution in [-0.2, 0) is 28.2 Å². The van der Waals surface area contributed by atoms with Crippen molar-refractivity contribution in [1.82, 2.24) is 0 Å². The summed E-state index contributed by atoms with van der Waals surface area (Å²) in [5.74, 6) is -0.980. The Labute approximate surface area is 334 Å². The molecule has 10 heteroatoms. The molecule has 1 unspecified atom stereocenters. The van der Waals surface area contributed by atoms with Gasteiger partial charge in [-0.2, -0.15) is 0 Å². The molecule has 0 aromatic rings. The van der Waals surface area contributed by atoms with Gasteiger partial charge in [-0.1, -0.05) is 151 Å². The van der Waals surface area contributed by atoms with E-state index >= 15 is 0 Å². The number of carbonyl (C=O) groups excluding carboxylic acids is 2. The lowest BCUT2D eigenvalue weighted by Gasteiger charge is -2.18. The number of ether oxygens (including phenoxy) is 2. The van der Waals surface area contributed by atoms with Gasteiger partial charge in [-0.05, 0) is 83.5 Å². The number of hydrogen-bond donors (Lipinski definition) is 3. The largest absolute Gasteiger partial charge is 0.469 e. The quantitative estimate of drug-likeness (QED) is 0.0241. The molecule has 0 rings (SSSR count). The Hall–Kier alpha value is -2.55. The first-order valence-corrected chi connectivity index (χ1v) is 22.8. The summed E-state index contributed by atoms with van der Waals surface area (Å²) in [5.41, 5.74) is 0. The average molecular weight is 793 g/mol. The minimum Gasteiger partial charge on any atom is -0.462 e. The van der Waals surface area contributed by atoms with Gasteiger partial charge in [-0.25, -0.2) is 4.57 Å². The molecule has 0 aromatic carbocycles. The Balaban J connectivity index is 4.04. The number of esters is 2. The molecule has 0 spiro atoms. The highest BCUT2D eigenvalue weighted by Crippen LogP contribution is 2.36. The lowest BCUT2D eigenvalue weighted by Crippen LogP contribution is -2.29. The number of aliphatic hydroxyl groups excluding tert-OH is 1. The predicted octanol–water partition coefficient (Wildman–Crippen LogP) is 12.0. The number of hydrogen-bond acceptors (Lipinski definition) is 7. The molecule has 0 saturated heterocycles. The minimum absolute atomic E-state index is 0.117. The molecule has 0 aliphatic carbocycles. The molecule has 0 bridgehead atoms. The van der Waals surface area contributed by atoms with Gasteiger partial charge < -0.3 is 24.4 Å². The van der Waals surface area contributed by atoms with Gasteiger partial charge in [-0.15, -0.1) is 0 Å². The van der Waals surface area contributed by atoms with E-state index < -0.39 is 32.5 Å². The summed E-state index contributed by atoms with van der Waals surface area (Å²) < 4.78 is 26.3. The van der Waals surface area contributed by atoms with E-state index in [0.29, 0.717) is 25.7 Å². The molecule has 0 radical (unpaired) electrons. The van der Waals surface area contributed by atoms with Crippen LogP contribution in [0.25, 0.3) is 0 Å². The van der Waals surface area contributed by atoms with Gasteiger partial charge >= 0.3 is 19.8 Å². The number of aliphatic hydroxyl groups is 1. The minimum atomic E-state index is -4.78. The van der Waals surface area contributed by atoms with E-state index in [-0.39, 0.29) is 25.6 Å². The van der Waals surface area contributed by atoms with Crippen molar-refractivity contribution in [3.8, 4) is 0 Å². The molecule has 0 aliphatic heterocycles. The predicted molar refractivity (Wildman–Crippen MR) is 226 cm³/mol. The maximum absolute atomic E-state index is 12.4. The standard InChI is InChI=1S/C45H77O9P/c1-3-5-6-7-8-9-10-11-12-13-14-15-16-19-22-25-28-31-34-38-44(47)52-40-43(41-53-55(49,50)51)54-45(48)39-35-32-29-26-23-20-17-18-21-24-27-30-33-37-42(46)36-4-2/h8-9,11-12,17,20-21,24,26,29-30,33,42-43,46H,3-7,10,13-16,18-19,22-23,25,27-28,31-32,34-41H2,1-2H3,(H2,49,50,51)/b9-8-,12-11-,20-17-,24-21-,29-26-,33-30-/t42?,43-/m1/s1. The van der Waals surface area contributed by atoms with Gasteiger partial charge in [0.05, 0.1) is 12.7 Å². The summed E-state index contributed by atoms with van der Waals surface area (Å²) >= 11 is 0. The van der Waals surface area contributed by atoms with E-state index in [2.05, 4.69) is 73.1 Å². The second kappa shape index (κ2) is 39.7. The van der Waals surface area contributed by atoms with Crippen LogP contribution in [-0.4, -0.2) is 52.3 Å². The fourth-order valence-corrected chi connectivity index (χ4v) is 5.95. The van der Waals surface area contributed by atoms with Crippen LogP contribution in [0.15, 0.2) is 72.9 Å². The van der Waals surface area contributed by atoms with Crippen molar-refractivity contribution in [2.45, 2.75) is 187 Å². The van der Waals surface area contributed by atoms with Crippen LogP contribution >= 0.6 is 7.82 Å². The molecule has 55 heavy (non-hydrogen) atoms. The molecule has 316 valence electrons. The Morgan fingerprint density at radius 2 is 1.00 bits per heavy atom. The summed E-state index contributed by atoms with van der Waals surface area (Å²) in [6, 6.07) is 0. The summed E-state index contributed by atoms with van der Waals surface area (Å²) in [7, 11) is -4.78. The Morgan fingerprint density at radius 3 is 1.53 bits per heavy atom. The number of allylic oxidation sites excluding steroid dienone is 11. The van der Waals surface area contributed by atoms with Crippen LogP contribution in [0.5, 0.6) is 0 Å². The average Bonchev–Trinajstić information content (AvgIpc) is 3.15. The van der Waals surface area contributed by atoms with E-state index in [4.69, 9.17) is 19.3 Å². The van der Waals surface area contributed by atoms with E-state index in [0.717, 1.165) is 64.2 Å². The third-order valence-electron chi connectivity index (χ3n) is 8.75. The number of unbranched alkanes of at least 4 members (excludes halogenated alkanes) is 13. The van der Waals surface area contributed by atoms with Gasteiger partial charge in [0.15, 0.2) is 6.10 Å². The van der Waals surface area contributed by atoms with E-state index in [9.17, 15) is 19.3 Å². The lowest BCUT2D eigenvalue weighted by molar-refractivity contribution is -0.161. The third-order valence-corrected chi connectivity index (χ3v) is 9.24. The molecule has 3 N–H and O–H groups in total. The normalized spacial score (nSPS) is 13.8. The molecule has 9 nitrogen and oxygen atoms in total. The van der Waals surface area contributed by atoms with Crippen LogP contribution in [0.2, 0.25) is 0 Å². The number of phosphoric ester groups is 1. The van der Waals surface area contributed by atoms with E-state index in [1.54, 1.807) is 0 Å². The maximum Gasteiger partial charge on any atom is 0.469 e. The maximum atomic E-state index is 12.4. The zero-order valence-electron chi connectivity index (χ0n) is 34.4. The summed E-state index contributed by atoms with van der Waals surface area (Å²) in [6.45, 7) is 3.41. The van der Waals surface area contributed by atoms with Crippen molar-refractivity contribution < 1.29 is 43.0 Å². The SMILES string of the molecule is CCCCC/C=C\C/C=C\CCCCCCCCCCCC(=O)OC[C@H](COP(=O)(O)O)OC(=O)CCC/C=C\C/C=C\C/C=C\C/C=C\CC(O)CCC. The summed E-state index contributed by atoms with van der Waals surface area (Å²) in [4.78, 5) is 42.8. The molecule has 0 aliphatic rings. The Kier molecular flexibility index (Phi) is 37.8. The van der Waals surface area contributed by atoms with Gasteiger partial charge in [0.1, 0.15) is 6.61 Å². The van der Waals surface area contributed by atoms with Gasteiger partial charge in [0.25, 0.3) is 0 Å². The molecule has 0 fully saturated rings. The first kappa shape index (κ1) is 52.5. The van der Waals surface area contributed by atoms with Crippen LogP contribution in [0, 0.1) is 0 Å². The van der Waals surface area contributed by atoms with Crippen LogP contribution < -0.4 is 0 Å². The third kappa shape index (κ3) is 42.4. The summed E-state index contributed by atoms with van der Waals surface area (Å²) in [6.07, 6.45) is 48.3. The second-order valence-electron chi connectivity index (χ2n) is 14.1. The van der Waals surface area contributed by atoms with Crippen molar-refractivity contribution >= 4 is 19.8 Å². The van der Waals surface area contributed by atoms with Gasteiger partial charge in [-0.3, -0.25) is 14.1 Å². The molecule has 0 aromatic heterocycles. The highest BCUT2D eigenvalue weighted by atomic mass is 31.2. The Bertz CT molecular complexity index is 1140. The highest BCUT2D eigenvalue weighted by Gasteiger charge is 2.22. The molecule has 0 saturated carbocycles. The zero-order valence-corrected chi connectivity index (χ0v) is 35.3. The fraction of sp³-hybridized carbons (Fsp3) is 0.689. The van der Waals surface area contributed by atoms with Crippen molar-refractivity contribution in [2.75, 3.05) is 13.2 Å². The topological polar surface area (TPSA) is 140 Å². The van der Waals surface area contributed by atoms with Gasteiger partial charge in [0, 0.05) is 12.8 Å². The molecular formula is C45H77O9P. The van der Waals surface area contributed by atoms with Crippen LogP contribution in [0.4, 0.5) is 0 Å². The zero-order chi connectivity index (χ0) is 40.5. The Morgan fingerprint density at radius 1 is 0.545 bits per heavy atom. The van der Waals surface area contributed by atoms with Crippen molar-refractivity contribution in [1.29, 1.82) is 0 Å². The molecule has 0 heterocycles. The number of rotatable bonds is 38. The fourth-order valence-electron chi connectivity index (χ4n) is 5.59. The highest BCUT2D eigenvalue weighted by molar-refractivity contribution is 7.46. The number of phosphoric acid groups is 1. The smallest absolute Gasteiger partial charge is 0.462 e. The lowest BCUT2D eigenvalue weighted by atomic mass is 10.1. The monoisotopic (exact) mass is 793 g/mol. The van der Waals surface area contributed by atoms with Crippen LogP contribution in [0.1, 0.15) is 174 Å². The van der Waals surface area contributed by atoms with Gasteiger partial charge in [0.2, 0.25) is 0 Å². The first-order chi connectivity index (χ1) is 26.7. The van der Waals surface area contributed by atoms with Crippen molar-refractivity contribution in [3.63, 3.8) is 0 Å². The molecule has 2 atom stereocenters. The first-order valence-electron chi connectivity index (χ1n) is 21.3.